The molecular weight excluding hydrogens is 380 g/mol. The zero-order chi connectivity index (χ0) is 19.0. The molecule has 0 radical (unpaired) electrons. The summed E-state index contributed by atoms with van der Waals surface area (Å²) < 4.78 is 29.3. The standard InChI is InChI=1S/C18H18ClF2N3OS/c1-9(2)17(18(25)23-10(3)15-4-5-16(19)26-15)24-8-22-13-6-11(20)12(21)7-14(13)24/h4-10,17H,1-3H3,(H,23,25). The molecular formula is C18H18ClF2N3OS. The number of benzene rings is 1. The molecule has 8 heteroatoms. The summed E-state index contributed by atoms with van der Waals surface area (Å²) in [4.78, 5) is 18.0. The van der Waals surface area contributed by atoms with E-state index in [1.165, 1.54) is 17.7 Å². The van der Waals surface area contributed by atoms with Gasteiger partial charge in [0, 0.05) is 17.0 Å². The van der Waals surface area contributed by atoms with Crippen molar-refractivity contribution in [2.75, 3.05) is 0 Å². The van der Waals surface area contributed by atoms with Gasteiger partial charge >= 0.3 is 0 Å². The average Bonchev–Trinajstić information content (AvgIpc) is 3.15. The maximum absolute atomic E-state index is 13.7. The van der Waals surface area contributed by atoms with Crippen LogP contribution in [0.2, 0.25) is 4.34 Å². The monoisotopic (exact) mass is 397 g/mol. The Morgan fingerprint density at radius 1 is 1.23 bits per heavy atom. The Labute approximate surface area is 158 Å². The smallest absolute Gasteiger partial charge is 0.243 e. The van der Waals surface area contributed by atoms with E-state index in [1.807, 2.05) is 26.8 Å². The van der Waals surface area contributed by atoms with Crippen LogP contribution >= 0.6 is 22.9 Å². The largest absolute Gasteiger partial charge is 0.347 e. The van der Waals surface area contributed by atoms with Crippen LogP contribution < -0.4 is 5.32 Å². The van der Waals surface area contributed by atoms with Gasteiger partial charge in [0.15, 0.2) is 11.6 Å². The number of aromatic nitrogens is 2. The molecule has 1 N–H and O–H groups in total. The number of hydrogen-bond donors (Lipinski definition) is 1. The van der Waals surface area contributed by atoms with E-state index in [4.69, 9.17) is 11.6 Å². The van der Waals surface area contributed by atoms with Gasteiger partial charge in [0.25, 0.3) is 0 Å². The minimum atomic E-state index is -0.969. The fourth-order valence-electron chi connectivity index (χ4n) is 2.93. The highest BCUT2D eigenvalue weighted by Crippen LogP contribution is 2.29. The average molecular weight is 398 g/mol. The zero-order valence-corrected chi connectivity index (χ0v) is 16.0. The summed E-state index contributed by atoms with van der Waals surface area (Å²) in [6, 6.07) is 4.93. The molecule has 0 aliphatic carbocycles. The molecule has 1 aromatic carbocycles. The van der Waals surface area contributed by atoms with Crippen molar-refractivity contribution in [3.05, 3.63) is 51.4 Å². The summed E-state index contributed by atoms with van der Waals surface area (Å²) in [6.45, 7) is 5.66. The summed E-state index contributed by atoms with van der Waals surface area (Å²) in [5.74, 6) is -2.24. The maximum atomic E-state index is 13.7. The molecule has 0 bridgehead atoms. The molecule has 0 saturated carbocycles. The SMILES string of the molecule is CC(NC(=O)C(C(C)C)n1cnc2cc(F)c(F)cc21)c1ccc(Cl)s1. The van der Waals surface area contributed by atoms with Crippen LogP contribution in [0.15, 0.2) is 30.6 Å². The molecule has 0 aliphatic rings. The van der Waals surface area contributed by atoms with Crippen LogP contribution in [-0.4, -0.2) is 15.5 Å². The van der Waals surface area contributed by atoms with Gasteiger partial charge in [-0.3, -0.25) is 4.79 Å². The predicted octanol–water partition coefficient (Wildman–Crippen LogP) is 5.10. The van der Waals surface area contributed by atoms with E-state index in [0.29, 0.717) is 15.4 Å². The van der Waals surface area contributed by atoms with Crippen molar-refractivity contribution in [1.29, 1.82) is 0 Å². The van der Waals surface area contributed by atoms with Gasteiger partial charge in [-0.2, -0.15) is 0 Å². The number of carbonyl (C=O) groups is 1. The van der Waals surface area contributed by atoms with Gasteiger partial charge in [-0.25, -0.2) is 13.8 Å². The van der Waals surface area contributed by atoms with Gasteiger partial charge < -0.3 is 9.88 Å². The Hall–Kier alpha value is -1.99. The van der Waals surface area contributed by atoms with E-state index in [0.717, 1.165) is 17.0 Å². The molecule has 4 nitrogen and oxygen atoms in total. The van der Waals surface area contributed by atoms with Crippen LogP contribution in [0.5, 0.6) is 0 Å². The number of rotatable bonds is 5. The predicted molar refractivity (Wildman–Crippen MR) is 99.4 cm³/mol. The number of carbonyl (C=O) groups excluding carboxylic acids is 1. The highest BCUT2D eigenvalue weighted by molar-refractivity contribution is 7.16. The number of nitrogens with one attached hydrogen (secondary N) is 1. The van der Waals surface area contributed by atoms with Gasteiger partial charge in [-0.05, 0) is 25.0 Å². The normalized spacial score (nSPS) is 14.0. The molecule has 0 saturated heterocycles. The Bertz CT molecular complexity index is 953. The van der Waals surface area contributed by atoms with Crippen molar-refractivity contribution in [3.8, 4) is 0 Å². The number of imidazole rings is 1. The lowest BCUT2D eigenvalue weighted by atomic mass is 10.0. The number of fused-ring (bicyclic) bond motifs is 1. The molecule has 3 aromatic rings. The Morgan fingerprint density at radius 2 is 1.92 bits per heavy atom. The minimum absolute atomic E-state index is 0.0837. The van der Waals surface area contributed by atoms with Gasteiger partial charge in [0.05, 0.1) is 27.7 Å². The molecule has 3 rings (SSSR count). The molecule has 1 amide bonds. The van der Waals surface area contributed by atoms with Crippen molar-refractivity contribution >= 4 is 39.9 Å². The van der Waals surface area contributed by atoms with Gasteiger partial charge in [-0.1, -0.05) is 25.4 Å². The molecule has 2 atom stereocenters. The van der Waals surface area contributed by atoms with Crippen molar-refractivity contribution in [1.82, 2.24) is 14.9 Å². The number of halogens is 3. The first-order valence-corrected chi connectivity index (χ1v) is 9.34. The summed E-state index contributed by atoms with van der Waals surface area (Å²) in [6.07, 6.45) is 1.44. The second-order valence-electron chi connectivity index (χ2n) is 6.47. The number of amides is 1. The van der Waals surface area contributed by atoms with Crippen molar-refractivity contribution in [3.63, 3.8) is 0 Å². The van der Waals surface area contributed by atoms with E-state index in [2.05, 4.69) is 10.3 Å². The quantitative estimate of drug-likeness (QED) is 0.650. The maximum Gasteiger partial charge on any atom is 0.243 e. The highest BCUT2D eigenvalue weighted by atomic mass is 35.5. The molecule has 0 fully saturated rings. The van der Waals surface area contributed by atoms with E-state index >= 15 is 0 Å². The first kappa shape index (κ1) is 18.8. The first-order valence-electron chi connectivity index (χ1n) is 8.15. The molecule has 26 heavy (non-hydrogen) atoms. The van der Waals surface area contributed by atoms with Crippen LogP contribution in [0.4, 0.5) is 8.78 Å². The van der Waals surface area contributed by atoms with Crippen molar-refractivity contribution in [2.45, 2.75) is 32.9 Å². The molecule has 0 spiro atoms. The second kappa shape index (κ2) is 7.32. The number of thiophene rings is 1. The van der Waals surface area contributed by atoms with Crippen molar-refractivity contribution < 1.29 is 13.6 Å². The minimum Gasteiger partial charge on any atom is -0.347 e. The van der Waals surface area contributed by atoms with E-state index in [1.54, 1.807) is 10.6 Å². The topological polar surface area (TPSA) is 46.9 Å². The lowest BCUT2D eigenvalue weighted by molar-refractivity contribution is -0.126. The Kier molecular flexibility index (Phi) is 5.29. The van der Waals surface area contributed by atoms with E-state index in [9.17, 15) is 13.6 Å². The summed E-state index contributed by atoms with van der Waals surface area (Å²) >= 11 is 7.36. The van der Waals surface area contributed by atoms with Gasteiger partial charge in [-0.15, -0.1) is 11.3 Å². The van der Waals surface area contributed by atoms with Crippen molar-refractivity contribution in [2.24, 2.45) is 5.92 Å². The Morgan fingerprint density at radius 3 is 2.54 bits per heavy atom. The fraction of sp³-hybridized carbons (Fsp3) is 0.333. The van der Waals surface area contributed by atoms with Crippen LogP contribution in [-0.2, 0) is 4.79 Å². The van der Waals surface area contributed by atoms with Crippen LogP contribution in [0, 0.1) is 17.6 Å². The highest BCUT2D eigenvalue weighted by Gasteiger charge is 2.27. The fourth-order valence-corrected chi connectivity index (χ4v) is 3.99. The Balaban J connectivity index is 1.92. The molecule has 2 unspecified atom stereocenters. The molecule has 2 heterocycles. The van der Waals surface area contributed by atoms with Crippen LogP contribution in [0.25, 0.3) is 11.0 Å². The van der Waals surface area contributed by atoms with Crippen LogP contribution in [0.1, 0.15) is 37.7 Å². The van der Waals surface area contributed by atoms with Gasteiger partial charge in [0.1, 0.15) is 6.04 Å². The lowest BCUT2D eigenvalue weighted by Crippen LogP contribution is -2.36. The zero-order valence-electron chi connectivity index (χ0n) is 14.5. The molecule has 138 valence electrons. The lowest BCUT2D eigenvalue weighted by Gasteiger charge is -2.24. The second-order valence-corrected chi connectivity index (χ2v) is 8.21. The number of nitrogens with zero attached hydrogens (tertiary/aromatic N) is 2. The van der Waals surface area contributed by atoms with Crippen LogP contribution in [0.3, 0.4) is 0 Å². The third-order valence-electron chi connectivity index (χ3n) is 4.20. The third-order valence-corrected chi connectivity index (χ3v) is 5.61. The molecule has 0 aliphatic heterocycles. The number of hydrogen-bond acceptors (Lipinski definition) is 3. The summed E-state index contributed by atoms with van der Waals surface area (Å²) in [7, 11) is 0. The summed E-state index contributed by atoms with van der Waals surface area (Å²) in [5, 5.41) is 2.97. The molecule has 2 aromatic heterocycles. The van der Waals surface area contributed by atoms with Gasteiger partial charge in [0.2, 0.25) is 5.91 Å². The van der Waals surface area contributed by atoms with E-state index in [-0.39, 0.29) is 17.9 Å². The van der Waals surface area contributed by atoms with E-state index < -0.39 is 17.7 Å². The summed E-state index contributed by atoms with van der Waals surface area (Å²) in [5.41, 5.74) is 0.685. The third kappa shape index (κ3) is 3.59. The first-order chi connectivity index (χ1) is 12.3.